The predicted molar refractivity (Wildman–Crippen MR) is 78.5 cm³/mol. The van der Waals surface area contributed by atoms with Gasteiger partial charge in [-0.15, -0.1) is 0 Å². The molecule has 2 aromatic carbocycles. The quantitative estimate of drug-likeness (QED) is 0.359. The lowest BCUT2D eigenvalue weighted by molar-refractivity contribution is -0.148. The Morgan fingerprint density at radius 1 is 0.950 bits per heavy atom. The molecule has 2 rings (SSSR count). The van der Waals surface area contributed by atoms with E-state index in [1.807, 2.05) is 66.7 Å². The Balaban J connectivity index is 2.20. The third-order valence-electron chi connectivity index (χ3n) is 2.63. The molecule has 0 heterocycles. The highest BCUT2D eigenvalue weighted by molar-refractivity contribution is 5.77. The van der Waals surface area contributed by atoms with Crippen LogP contribution in [-0.4, -0.2) is 12.8 Å². The minimum atomic E-state index is -0.364. The molecule has 3 nitrogen and oxygen atoms in total. The number of esters is 1. The summed E-state index contributed by atoms with van der Waals surface area (Å²) >= 11 is 0. The Morgan fingerprint density at radius 3 is 2.15 bits per heavy atom. The van der Waals surface area contributed by atoms with E-state index in [0.717, 1.165) is 11.1 Å². The SMILES string of the molecule is CC(=O)OCOC(=Cc1ccccc1)c1ccccc1. The van der Waals surface area contributed by atoms with Crippen LogP contribution in [0.1, 0.15) is 18.1 Å². The van der Waals surface area contributed by atoms with Crippen molar-refractivity contribution >= 4 is 17.8 Å². The predicted octanol–water partition coefficient (Wildman–Crippen LogP) is 3.72. The molecule has 0 atom stereocenters. The van der Waals surface area contributed by atoms with E-state index < -0.39 is 0 Å². The molecule has 0 aliphatic rings. The highest BCUT2D eigenvalue weighted by Crippen LogP contribution is 2.19. The molecule has 102 valence electrons. The molecule has 3 heteroatoms. The van der Waals surface area contributed by atoms with Crippen LogP contribution >= 0.6 is 0 Å². The summed E-state index contributed by atoms with van der Waals surface area (Å²) in [5.74, 6) is 0.301. The Hall–Kier alpha value is -2.55. The first-order valence-electron chi connectivity index (χ1n) is 6.34. The van der Waals surface area contributed by atoms with Crippen LogP contribution in [0.2, 0.25) is 0 Å². The van der Waals surface area contributed by atoms with Crippen molar-refractivity contribution in [3.05, 3.63) is 71.8 Å². The van der Waals surface area contributed by atoms with Crippen LogP contribution in [0.3, 0.4) is 0 Å². The molecule has 0 saturated heterocycles. The summed E-state index contributed by atoms with van der Waals surface area (Å²) in [6.07, 6.45) is 1.92. The maximum atomic E-state index is 10.8. The minimum Gasteiger partial charge on any atom is -0.457 e. The van der Waals surface area contributed by atoms with Gasteiger partial charge in [0.05, 0.1) is 0 Å². The van der Waals surface area contributed by atoms with Gasteiger partial charge in [-0.2, -0.15) is 0 Å². The summed E-state index contributed by atoms with van der Waals surface area (Å²) in [5, 5.41) is 0. The van der Waals surface area contributed by atoms with Gasteiger partial charge in [-0.05, 0) is 11.6 Å². The molecule has 0 N–H and O–H groups in total. The maximum absolute atomic E-state index is 10.8. The highest BCUT2D eigenvalue weighted by Gasteiger charge is 2.04. The summed E-state index contributed by atoms with van der Waals surface area (Å²) < 4.78 is 10.4. The van der Waals surface area contributed by atoms with Crippen LogP contribution in [0.4, 0.5) is 0 Å². The smallest absolute Gasteiger partial charge is 0.305 e. The summed E-state index contributed by atoms with van der Waals surface area (Å²) in [5.41, 5.74) is 1.96. The second kappa shape index (κ2) is 7.14. The van der Waals surface area contributed by atoms with Crippen molar-refractivity contribution in [1.29, 1.82) is 0 Å². The van der Waals surface area contributed by atoms with Crippen molar-refractivity contribution in [2.45, 2.75) is 6.92 Å². The van der Waals surface area contributed by atoms with Gasteiger partial charge in [-0.3, -0.25) is 4.79 Å². The van der Waals surface area contributed by atoms with Crippen molar-refractivity contribution in [3.63, 3.8) is 0 Å². The first-order valence-corrected chi connectivity index (χ1v) is 6.34. The molecule has 0 saturated carbocycles. The lowest BCUT2D eigenvalue weighted by atomic mass is 10.1. The van der Waals surface area contributed by atoms with Gasteiger partial charge in [-0.1, -0.05) is 60.7 Å². The molecule has 0 radical (unpaired) electrons. The van der Waals surface area contributed by atoms with Gasteiger partial charge in [0.2, 0.25) is 6.79 Å². The van der Waals surface area contributed by atoms with Crippen molar-refractivity contribution in [3.8, 4) is 0 Å². The van der Waals surface area contributed by atoms with Crippen molar-refractivity contribution in [2.75, 3.05) is 6.79 Å². The van der Waals surface area contributed by atoms with E-state index in [4.69, 9.17) is 9.47 Å². The summed E-state index contributed by atoms with van der Waals surface area (Å²) in [6.45, 7) is 1.26. The topological polar surface area (TPSA) is 35.5 Å². The lowest BCUT2D eigenvalue weighted by Crippen LogP contribution is -2.04. The van der Waals surface area contributed by atoms with Crippen molar-refractivity contribution < 1.29 is 14.3 Å². The Kier molecular flexibility index (Phi) is 4.95. The summed E-state index contributed by atoms with van der Waals surface area (Å²) in [6, 6.07) is 19.5. The number of carbonyl (C=O) groups is 1. The average Bonchev–Trinajstić information content (AvgIpc) is 2.48. The standard InChI is InChI=1S/C17H16O3/c1-14(18)19-13-20-17(16-10-6-3-7-11-16)12-15-8-4-2-5-9-15/h2-12H,13H2,1H3. The van der Waals surface area contributed by atoms with Crippen molar-refractivity contribution in [1.82, 2.24) is 0 Å². The number of hydrogen-bond donors (Lipinski definition) is 0. The fraction of sp³-hybridized carbons (Fsp3) is 0.118. The third kappa shape index (κ3) is 4.28. The number of ether oxygens (including phenoxy) is 2. The molecule has 0 unspecified atom stereocenters. The largest absolute Gasteiger partial charge is 0.457 e. The van der Waals surface area contributed by atoms with Gasteiger partial charge in [-0.25, -0.2) is 0 Å². The molecule has 0 aliphatic carbocycles. The zero-order valence-electron chi connectivity index (χ0n) is 11.3. The molecule has 20 heavy (non-hydrogen) atoms. The van der Waals surface area contributed by atoms with E-state index in [1.54, 1.807) is 0 Å². The van der Waals surface area contributed by atoms with E-state index in [1.165, 1.54) is 6.92 Å². The van der Waals surface area contributed by atoms with E-state index in [0.29, 0.717) is 5.76 Å². The minimum absolute atomic E-state index is 0.0944. The van der Waals surface area contributed by atoms with Crippen molar-refractivity contribution in [2.24, 2.45) is 0 Å². The van der Waals surface area contributed by atoms with E-state index >= 15 is 0 Å². The number of carbonyl (C=O) groups excluding carboxylic acids is 1. The van der Waals surface area contributed by atoms with Crippen LogP contribution in [0.5, 0.6) is 0 Å². The van der Waals surface area contributed by atoms with Gasteiger partial charge < -0.3 is 9.47 Å². The van der Waals surface area contributed by atoms with Crippen LogP contribution in [0.15, 0.2) is 60.7 Å². The highest BCUT2D eigenvalue weighted by atomic mass is 16.7. The average molecular weight is 268 g/mol. The van der Waals surface area contributed by atoms with Crippen LogP contribution in [-0.2, 0) is 14.3 Å². The molecule has 0 aliphatic heterocycles. The molecule has 0 spiro atoms. The molecule has 0 aromatic heterocycles. The fourth-order valence-electron chi connectivity index (χ4n) is 1.69. The van der Waals surface area contributed by atoms with Gasteiger partial charge >= 0.3 is 5.97 Å². The van der Waals surface area contributed by atoms with E-state index in [9.17, 15) is 4.79 Å². The first kappa shape index (κ1) is 13.9. The number of hydrogen-bond acceptors (Lipinski definition) is 3. The van der Waals surface area contributed by atoms with Gasteiger partial charge in [0.15, 0.2) is 0 Å². The van der Waals surface area contributed by atoms with Gasteiger partial charge in [0.25, 0.3) is 0 Å². The molecule has 0 bridgehead atoms. The van der Waals surface area contributed by atoms with Crippen LogP contribution in [0.25, 0.3) is 11.8 Å². The zero-order valence-corrected chi connectivity index (χ0v) is 11.3. The van der Waals surface area contributed by atoms with Gasteiger partial charge in [0.1, 0.15) is 5.76 Å². The number of benzene rings is 2. The first-order chi connectivity index (χ1) is 9.75. The Labute approximate surface area is 118 Å². The second-order valence-electron chi connectivity index (χ2n) is 4.18. The van der Waals surface area contributed by atoms with Crippen LogP contribution < -0.4 is 0 Å². The Morgan fingerprint density at radius 2 is 1.55 bits per heavy atom. The molecule has 2 aromatic rings. The lowest BCUT2D eigenvalue weighted by Gasteiger charge is -2.10. The zero-order chi connectivity index (χ0) is 14.2. The number of rotatable bonds is 5. The Bertz CT molecular complexity index is 574. The monoisotopic (exact) mass is 268 g/mol. The van der Waals surface area contributed by atoms with E-state index in [2.05, 4.69) is 0 Å². The summed E-state index contributed by atoms with van der Waals surface area (Å²) in [7, 11) is 0. The molecular weight excluding hydrogens is 252 g/mol. The fourth-order valence-corrected chi connectivity index (χ4v) is 1.69. The summed E-state index contributed by atoms with van der Waals surface area (Å²) in [4.78, 5) is 10.8. The third-order valence-corrected chi connectivity index (χ3v) is 2.63. The normalized spacial score (nSPS) is 10.9. The van der Waals surface area contributed by atoms with Gasteiger partial charge in [0, 0.05) is 12.5 Å². The molecule has 0 fully saturated rings. The van der Waals surface area contributed by atoms with Crippen LogP contribution in [0, 0.1) is 0 Å². The second-order valence-corrected chi connectivity index (χ2v) is 4.18. The molecule has 0 amide bonds. The molecular formula is C17H16O3. The van der Waals surface area contributed by atoms with E-state index in [-0.39, 0.29) is 12.8 Å². The maximum Gasteiger partial charge on any atom is 0.305 e.